The topological polar surface area (TPSA) is 90.9 Å². The van der Waals surface area contributed by atoms with Crippen molar-refractivity contribution in [3.05, 3.63) is 53.1 Å². The summed E-state index contributed by atoms with van der Waals surface area (Å²) in [5.74, 6) is -1.41. The smallest absolute Gasteiger partial charge is 0.337 e. The SMILES string of the molecule is CNC1CC(C(=O)OC(C)(C)C)CCN1c1c(Cl)cccc1Nc1ccccc1C(=O)O. The van der Waals surface area contributed by atoms with Crippen molar-refractivity contribution in [3.63, 3.8) is 0 Å². The van der Waals surface area contributed by atoms with Gasteiger partial charge in [-0.3, -0.25) is 4.79 Å². The van der Waals surface area contributed by atoms with Crippen molar-refractivity contribution in [2.45, 2.75) is 45.4 Å². The molecule has 0 amide bonds. The molecule has 8 heteroatoms. The molecule has 1 aliphatic rings. The van der Waals surface area contributed by atoms with E-state index in [9.17, 15) is 14.7 Å². The van der Waals surface area contributed by atoms with Gasteiger partial charge in [-0.25, -0.2) is 4.79 Å². The Morgan fingerprint density at radius 2 is 1.81 bits per heavy atom. The van der Waals surface area contributed by atoms with Crippen LogP contribution in [0.5, 0.6) is 0 Å². The molecule has 32 heavy (non-hydrogen) atoms. The molecule has 2 atom stereocenters. The van der Waals surface area contributed by atoms with Gasteiger partial charge in [-0.05, 0) is 64.9 Å². The fourth-order valence-electron chi connectivity index (χ4n) is 3.94. The van der Waals surface area contributed by atoms with Gasteiger partial charge < -0.3 is 25.4 Å². The molecule has 0 aromatic heterocycles. The Hall–Kier alpha value is -2.77. The minimum atomic E-state index is -1.01. The number of esters is 1. The fourth-order valence-corrected chi connectivity index (χ4v) is 4.22. The van der Waals surface area contributed by atoms with E-state index in [1.54, 1.807) is 30.3 Å². The van der Waals surface area contributed by atoms with Gasteiger partial charge in [0.05, 0.1) is 39.7 Å². The van der Waals surface area contributed by atoms with Gasteiger partial charge in [0.2, 0.25) is 0 Å². The van der Waals surface area contributed by atoms with Gasteiger partial charge in [0.25, 0.3) is 0 Å². The molecule has 3 rings (SSSR count). The van der Waals surface area contributed by atoms with Crippen molar-refractivity contribution in [3.8, 4) is 0 Å². The summed E-state index contributed by atoms with van der Waals surface area (Å²) in [6, 6.07) is 12.2. The van der Waals surface area contributed by atoms with Crippen molar-refractivity contribution in [1.82, 2.24) is 5.32 Å². The first kappa shape index (κ1) is 23.9. The van der Waals surface area contributed by atoms with E-state index < -0.39 is 11.6 Å². The van der Waals surface area contributed by atoms with Gasteiger partial charge in [0.1, 0.15) is 5.60 Å². The highest BCUT2D eigenvalue weighted by molar-refractivity contribution is 6.34. The average molecular weight is 460 g/mol. The Labute approximate surface area is 193 Å². The molecule has 1 aliphatic heterocycles. The number of carbonyl (C=O) groups excluding carboxylic acids is 1. The normalized spacial score (nSPS) is 18.8. The zero-order chi connectivity index (χ0) is 23.5. The summed E-state index contributed by atoms with van der Waals surface area (Å²) in [5, 5.41) is 16.6. The first-order valence-electron chi connectivity index (χ1n) is 10.7. The highest BCUT2D eigenvalue weighted by Crippen LogP contribution is 2.40. The number of carboxylic acids is 1. The highest BCUT2D eigenvalue weighted by Gasteiger charge is 2.35. The molecule has 1 heterocycles. The maximum absolute atomic E-state index is 12.6. The quantitative estimate of drug-likeness (QED) is 0.530. The van der Waals surface area contributed by atoms with E-state index >= 15 is 0 Å². The van der Waals surface area contributed by atoms with Crippen LogP contribution in [0.4, 0.5) is 17.1 Å². The molecule has 0 spiro atoms. The number of hydrogen-bond acceptors (Lipinski definition) is 6. The lowest BCUT2D eigenvalue weighted by molar-refractivity contribution is -0.161. The van der Waals surface area contributed by atoms with Gasteiger partial charge >= 0.3 is 11.9 Å². The molecule has 7 nitrogen and oxygen atoms in total. The van der Waals surface area contributed by atoms with Gasteiger partial charge in [0.15, 0.2) is 0 Å². The lowest BCUT2D eigenvalue weighted by Gasteiger charge is -2.41. The Morgan fingerprint density at radius 1 is 1.12 bits per heavy atom. The second-order valence-electron chi connectivity index (χ2n) is 8.86. The second-order valence-corrected chi connectivity index (χ2v) is 9.27. The summed E-state index contributed by atoms with van der Waals surface area (Å²) in [6.07, 6.45) is 1.06. The lowest BCUT2D eigenvalue weighted by Crippen LogP contribution is -2.51. The monoisotopic (exact) mass is 459 g/mol. The van der Waals surface area contributed by atoms with Crippen LogP contribution in [0.1, 0.15) is 44.0 Å². The minimum Gasteiger partial charge on any atom is -0.478 e. The van der Waals surface area contributed by atoms with Gasteiger partial charge in [-0.2, -0.15) is 0 Å². The van der Waals surface area contributed by atoms with E-state index in [1.165, 1.54) is 0 Å². The predicted molar refractivity (Wildman–Crippen MR) is 127 cm³/mol. The number of anilines is 3. The van der Waals surface area contributed by atoms with Crippen LogP contribution in [-0.2, 0) is 9.53 Å². The predicted octanol–water partition coefficient (Wildman–Crippen LogP) is 4.89. The Kier molecular flexibility index (Phi) is 7.31. The minimum absolute atomic E-state index is 0.142. The third kappa shape index (κ3) is 5.53. The number of hydrogen-bond donors (Lipinski definition) is 3. The third-order valence-electron chi connectivity index (χ3n) is 5.38. The number of carboxylic acid groups (broad SMARTS) is 1. The van der Waals surface area contributed by atoms with E-state index in [0.29, 0.717) is 35.8 Å². The molecule has 2 aromatic carbocycles. The van der Waals surface area contributed by atoms with Crippen LogP contribution in [0.2, 0.25) is 5.02 Å². The maximum Gasteiger partial charge on any atom is 0.337 e. The molecule has 0 saturated carbocycles. The Balaban J connectivity index is 1.89. The number of carbonyl (C=O) groups is 2. The molecule has 0 bridgehead atoms. The Morgan fingerprint density at radius 3 is 2.47 bits per heavy atom. The summed E-state index contributed by atoms with van der Waals surface area (Å²) < 4.78 is 5.59. The number of aromatic carboxylic acids is 1. The van der Waals surface area contributed by atoms with Crippen LogP contribution in [0.3, 0.4) is 0 Å². The Bertz CT molecular complexity index is 989. The maximum atomic E-state index is 12.6. The van der Waals surface area contributed by atoms with E-state index in [2.05, 4.69) is 15.5 Å². The molecule has 172 valence electrons. The van der Waals surface area contributed by atoms with Crippen LogP contribution in [0, 0.1) is 5.92 Å². The average Bonchev–Trinajstić information content (AvgIpc) is 2.72. The van der Waals surface area contributed by atoms with Crippen LogP contribution in [-0.4, -0.2) is 42.4 Å². The zero-order valence-electron chi connectivity index (χ0n) is 18.8. The molecular formula is C24H30ClN3O4. The number of piperidine rings is 1. The third-order valence-corrected chi connectivity index (χ3v) is 5.68. The number of nitrogens with one attached hydrogen (secondary N) is 2. The molecule has 1 fully saturated rings. The van der Waals surface area contributed by atoms with E-state index in [4.69, 9.17) is 16.3 Å². The highest BCUT2D eigenvalue weighted by atomic mass is 35.5. The molecule has 1 saturated heterocycles. The van der Waals surface area contributed by atoms with E-state index in [0.717, 1.165) is 5.69 Å². The lowest BCUT2D eigenvalue weighted by atomic mass is 9.93. The van der Waals surface area contributed by atoms with Crippen LogP contribution >= 0.6 is 11.6 Å². The summed E-state index contributed by atoms with van der Waals surface area (Å²) in [5.41, 5.74) is 1.58. The number of rotatable bonds is 6. The molecule has 2 aromatic rings. The first-order chi connectivity index (χ1) is 15.1. The van der Waals surface area contributed by atoms with Gasteiger partial charge in [-0.15, -0.1) is 0 Å². The van der Waals surface area contributed by atoms with Crippen molar-refractivity contribution in [1.29, 1.82) is 0 Å². The van der Waals surface area contributed by atoms with E-state index in [1.807, 2.05) is 40.0 Å². The molecule has 2 unspecified atom stereocenters. The van der Waals surface area contributed by atoms with Crippen molar-refractivity contribution < 1.29 is 19.4 Å². The molecule has 3 N–H and O–H groups in total. The summed E-state index contributed by atoms with van der Waals surface area (Å²) >= 11 is 6.62. The molecular weight excluding hydrogens is 430 g/mol. The van der Waals surface area contributed by atoms with Crippen LogP contribution in [0.25, 0.3) is 0 Å². The number of nitrogens with zero attached hydrogens (tertiary/aromatic N) is 1. The van der Waals surface area contributed by atoms with Crippen LogP contribution in [0.15, 0.2) is 42.5 Å². The number of para-hydroxylation sites is 2. The second kappa shape index (κ2) is 9.79. The van der Waals surface area contributed by atoms with Crippen molar-refractivity contribution in [2.24, 2.45) is 5.92 Å². The fraction of sp³-hybridized carbons (Fsp3) is 0.417. The van der Waals surface area contributed by atoms with Crippen LogP contribution < -0.4 is 15.5 Å². The number of ether oxygens (including phenoxy) is 1. The summed E-state index contributed by atoms with van der Waals surface area (Å²) in [6.45, 7) is 6.19. The van der Waals surface area contributed by atoms with Gasteiger partial charge in [-0.1, -0.05) is 29.8 Å². The number of benzene rings is 2. The van der Waals surface area contributed by atoms with E-state index in [-0.39, 0.29) is 23.6 Å². The largest absolute Gasteiger partial charge is 0.478 e. The standard InChI is InChI=1S/C24H30ClN3O4/c1-24(2,3)32-23(31)15-12-13-28(20(14-15)26-4)21-17(25)9-7-11-19(21)27-18-10-6-5-8-16(18)22(29)30/h5-11,15,20,26-27H,12-14H2,1-4H3,(H,29,30). The van der Waals surface area contributed by atoms with Crippen molar-refractivity contribution in [2.75, 3.05) is 23.8 Å². The first-order valence-corrected chi connectivity index (χ1v) is 11.0. The van der Waals surface area contributed by atoms with Gasteiger partial charge in [0, 0.05) is 6.54 Å². The molecule has 0 radical (unpaired) electrons. The summed E-state index contributed by atoms with van der Waals surface area (Å²) in [4.78, 5) is 26.4. The van der Waals surface area contributed by atoms with Crippen molar-refractivity contribution >= 4 is 40.6 Å². The summed E-state index contributed by atoms with van der Waals surface area (Å²) in [7, 11) is 1.85. The number of halogens is 1. The zero-order valence-corrected chi connectivity index (χ0v) is 19.6. The molecule has 0 aliphatic carbocycles.